The zero-order valence-corrected chi connectivity index (χ0v) is 12.8. The highest BCUT2D eigenvalue weighted by Crippen LogP contribution is 2.43. The topological polar surface area (TPSA) is 39.2 Å². The lowest BCUT2D eigenvalue weighted by atomic mass is 9.74. The first-order valence-electron chi connectivity index (χ1n) is 7.39. The van der Waals surface area contributed by atoms with Gasteiger partial charge in [-0.25, -0.2) is 9.37 Å². The third-order valence-electron chi connectivity index (χ3n) is 4.13. The van der Waals surface area contributed by atoms with Crippen LogP contribution in [0.4, 0.5) is 4.39 Å². The van der Waals surface area contributed by atoms with Gasteiger partial charge in [0.25, 0.3) is 0 Å². The van der Waals surface area contributed by atoms with Gasteiger partial charge in [-0.1, -0.05) is 19.3 Å². The summed E-state index contributed by atoms with van der Waals surface area (Å²) in [5.74, 6) is -0.448. The number of hydrogen-bond acceptors (Lipinski definition) is 4. The van der Waals surface area contributed by atoms with Gasteiger partial charge in [0.2, 0.25) is 0 Å². The van der Waals surface area contributed by atoms with E-state index in [2.05, 4.69) is 4.98 Å². The van der Waals surface area contributed by atoms with E-state index in [1.807, 2.05) is 6.92 Å². The number of carbonyl (C=O) groups excluding carboxylic acids is 1. The van der Waals surface area contributed by atoms with Crippen molar-refractivity contribution >= 4 is 27.5 Å². The van der Waals surface area contributed by atoms with Crippen LogP contribution in [-0.2, 0) is 14.9 Å². The maximum absolute atomic E-state index is 13.4. The Kier molecular flexibility index (Phi) is 3.93. The molecule has 112 valence electrons. The Labute approximate surface area is 127 Å². The van der Waals surface area contributed by atoms with Crippen LogP contribution in [0.2, 0.25) is 0 Å². The molecule has 1 fully saturated rings. The van der Waals surface area contributed by atoms with Gasteiger partial charge < -0.3 is 4.74 Å². The first-order chi connectivity index (χ1) is 10.2. The number of thiazole rings is 1. The molecule has 0 saturated heterocycles. The molecular weight excluding hydrogens is 289 g/mol. The monoisotopic (exact) mass is 307 g/mol. The summed E-state index contributed by atoms with van der Waals surface area (Å²) in [4.78, 5) is 17.1. The van der Waals surface area contributed by atoms with Crippen LogP contribution in [0.5, 0.6) is 0 Å². The lowest BCUT2D eigenvalue weighted by Crippen LogP contribution is -2.39. The van der Waals surface area contributed by atoms with E-state index in [0.717, 1.165) is 47.3 Å². The summed E-state index contributed by atoms with van der Waals surface area (Å²) in [6.07, 6.45) is 4.69. The molecule has 3 nitrogen and oxygen atoms in total. The van der Waals surface area contributed by atoms with Crippen molar-refractivity contribution in [1.82, 2.24) is 4.98 Å². The average Bonchev–Trinajstić information content (AvgIpc) is 2.91. The Hall–Kier alpha value is -1.49. The zero-order chi connectivity index (χ0) is 14.9. The molecule has 1 heterocycles. The average molecular weight is 307 g/mol. The first-order valence-corrected chi connectivity index (χ1v) is 8.21. The fourth-order valence-electron chi connectivity index (χ4n) is 3.03. The molecular formula is C16H18FNO2S. The van der Waals surface area contributed by atoms with Crippen LogP contribution < -0.4 is 0 Å². The molecule has 21 heavy (non-hydrogen) atoms. The van der Waals surface area contributed by atoms with Crippen molar-refractivity contribution in [3.63, 3.8) is 0 Å². The number of carbonyl (C=O) groups is 1. The summed E-state index contributed by atoms with van der Waals surface area (Å²) < 4.78 is 19.5. The van der Waals surface area contributed by atoms with Gasteiger partial charge >= 0.3 is 5.97 Å². The SMILES string of the molecule is CCOC(=O)C1(c2nc3ccc(F)cc3s2)CCCCC1. The number of halogens is 1. The second-order valence-electron chi connectivity index (χ2n) is 5.49. The third-order valence-corrected chi connectivity index (χ3v) is 5.36. The van der Waals surface area contributed by atoms with E-state index in [4.69, 9.17) is 4.74 Å². The molecule has 0 amide bonds. The molecule has 1 saturated carbocycles. The van der Waals surface area contributed by atoms with Gasteiger partial charge in [0.1, 0.15) is 16.2 Å². The Balaban J connectivity index is 2.07. The van der Waals surface area contributed by atoms with Crippen LogP contribution in [0.15, 0.2) is 18.2 Å². The van der Waals surface area contributed by atoms with Gasteiger partial charge in [-0.15, -0.1) is 11.3 Å². The van der Waals surface area contributed by atoms with Crippen LogP contribution >= 0.6 is 11.3 Å². The molecule has 1 aromatic carbocycles. The van der Waals surface area contributed by atoms with Gasteiger partial charge in [0.15, 0.2) is 0 Å². The first kappa shape index (κ1) is 14.4. The highest BCUT2D eigenvalue weighted by atomic mass is 32.1. The quantitative estimate of drug-likeness (QED) is 0.798. The Morgan fingerprint density at radius 1 is 1.38 bits per heavy atom. The Morgan fingerprint density at radius 3 is 2.86 bits per heavy atom. The van der Waals surface area contributed by atoms with Crippen molar-refractivity contribution in [2.45, 2.75) is 44.4 Å². The molecule has 0 bridgehead atoms. The number of esters is 1. The third kappa shape index (κ3) is 2.55. The van der Waals surface area contributed by atoms with E-state index in [9.17, 15) is 9.18 Å². The highest BCUT2D eigenvalue weighted by molar-refractivity contribution is 7.18. The zero-order valence-electron chi connectivity index (χ0n) is 12.0. The van der Waals surface area contributed by atoms with Crippen LogP contribution in [-0.4, -0.2) is 17.6 Å². The minimum Gasteiger partial charge on any atom is -0.465 e. The van der Waals surface area contributed by atoms with Crippen molar-refractivity contribution in [1.29, 1.82) is 0 Å². The summed E-state index contributed by atoms with van der Waals surface area (Å²) in [6.45, 7) is 2.20. The summed E-state index contributed by atoms with van der Waals surface area (Å²) in [6, 6.07) is 4.56. The predicted octanol–water partition coefficient (Wildman–Crippen LogP) is 4.20. The van der Waals surface area contributed by atoms with Crippen LogP contribution in [0, 0.1) is 5.82 Å². The van der Waals surface area contributed by atoms with Crippen molar-refractivity contribution in [2.75, 3.05) is 6.61 Å². The lowest BCUT2D eigenvalue weighted by molar-refractivity contribution is -0.151. The highest BCUT2D eigenvalue weighted by Gasteiger charge is 2.45. The normalized spacial score (nSPS) is 17.8. The van der Waals surface area contributed by atoms with Crippen LogP contribution in [0.25, 0.3) is 10.2 Å². The van der Waals surface area contributed by atoms with Crippen molar-refractivity contribution in [2.24, 2.45) is 0 Å². The molecule has 3 rings (SSSR count). The standard InChI is InChI=1S/C16H18FNO2S/c1-2-20-15(19)16(8-4-3-5-9-16)14-18-12-7-6-11(17)10-13(12)21-14/h6-7,10H,2-5,8-9H2,1H3. The molecule has 1 aromatic heterocycles. The molecule has 0 unspecified atom stereocenters. The Bertz CT molecular complexity index is 661. The molecule has 0 atom stereocenters. The number of ether oxygens (including phenoxy) is 1. The van der Waals surface area contributed by atoms with E-state index in [1.165, 1.54) is 23.5 Å². The van der Waals surface area contributed by atoms with Crippen LogP contribution in [0.1, 0.15) is 44.0 Å². The fraction of sp³-hybridized carbons (Fsp3) is 0.500. The minimum absolute atomic E-state index is 0.177. The van der Waals surface area contributed by atoms with Gasteiger partial charge in [-0.05, 0) is 38.0 Å². The van der Waals surface area contributed by atoms with Crippen molar-refractivity contribution in [3.8, 4) is 0 Å². The maximum atomic E-state index is 13.4. The largest absolute Gasteiger partial charge is 0.465 e. The summed E-state index contributed by atoms with van der Waals surface area (Å²) in [5, 5.41) is 0.779. The lowest BCUT2D eigenvalue weighted by Gasteiger charge is -2.32. The molecule has 1 aliphatic carbocycles. The van der Waals surface area contributed by atoms with E-state index in [1.54, 1.807) is 6.07 Å². The number of aromatic nitrogens is 1. The smallest absolute Gasteiger partial charge is 0.319 e. The molecule has 5 heteroatoms. The van der Waals surface area contributed by atoms with Gasteiger partial charge in [-0.3, -0.25) is 4.79 Å². The number of benzene rings is 1. The molecule has 0 N–H and O–H groups in total. The van der Waals surface area contributed by atoms with Gasteiger partial charge in [0.05, 0.1) is 16.8 Å². The van der Waals surface area contributed by atoms with Crippen molar-refractivity contribution in [3.05, 3.63) is 29.0 Å². The second-order valence-corrected chi connectivity index (χ2v) is 6.52. The molecule has 1 aliphatic rings. The molecule has 2 aromatic rings. The second kappa shape index (κ2) is 5.72. The minimum atomic E-state index is -0.631. The van der Waals surface area contributed by atoms with E-state index >= 15 is 0 Å². The van der Waals surface area contributed by atoms with Crippen molar-refractivity contribution < 1.29 is 13.9 Å². The molecule has 0 spiro atoms. The Morgan fingerprint density at radius 2 is 2.14 bits per heavy atom. The van der Waals surface area contributed by atoms with Crippen LogP contribution in [0.3, 0.4) is 0 Å². The molecule has 0 radical (unpaired) electrons. The summed E-state index contributed by atoms with van der Waals surface area (Å²) in [7, 11) is 0. The predicted molar refractivity (Wildman–Crippen MR) is 81.0 cm³/mol. The fourth-order valence-corrected chi connectivity index (χ4v) is 4.26. The number of rotatable bonds is 3. The summed E-state index contributed by atoms with van der Waals surface area (Å²) in [5.41, 5.74) is 0.125. The molecule has 0 aliphatic heterocycles. The summed E-state index contributed by atoms with van der Waals surface area (Å²) >= 11 is 1.42. The van der Waals surface area contributed by atoms with E-state index in [-0.39, 0.29) is 11.8 Å². The number of fused-ring (bicyclic) bond motifs is 1. The van der Waals surface area contributed by atoms with E-state index < -0.39 is 5.41 Å². The van der Waals surface area contributed by atoms with Gasteiger partial charge in [0, 0.05) is 0 Å². The van der Waals surface area contributed by atoms with E-state index in [0.29, 0.717) is 6.61 Å². The maximum Gasteiger partial charge on any atom is 0.319 e. The van der Waals surface area contributed by atoms with Gasteiger partial charge in [-0.2, -0.15) is 0 Å². The number of hydrogen-bond donors (Lipinski definition) is 0. The number of nitrogens with zero attached hydrogens (tertiary/aromatic N) is 1.